The Morgan fingerprint density at radius 1 is 1.23 bits per heavy atom. The minimum absolute atomic E-state index is 0.0611. The van der Waals surface area contributed by atoms with Gasteiger partial charge in [-0.2, -0.15) is 18.2 Å². The van der Waals surface area contributed by atoms with Crippen molar-refractivity contribution in [2.24, 2.45) is 0 Å². The number of alkyl halides is 3. The van der Waals surface area contributed by atoms with Crippen LogP contribution in [-0.2, 0) is 16.2 Å². The van der Waals surface area contributed by atoms with Crippen LogP contribution in [0.2, 0.25) is 5.02 Å². The number of nitrogens with one attached hydrogen (secondary N) is 3. The van der Waals surface area contributed by atoms with Crippen LogP contribution in [0.15, 0.2) is 18.3 Å². The summed E-state index contributed by atoms with van der Waals surface area (Å²) in [7, 11) is 1.46. The Hall–Kier alpha value is -2.88. The molecule has 2 atom stereocenters. The average Bonchev–Trinajstić information content (AvgIpc) is 2.83. The van der Waals surface area contributed by atoms with E-state index in [1.54, 1.807) is 0 Å². The number of ether oxygens (including phenoxy) is 2. The van der Waals surface area contributed by atoms with Crippen LogP contribution in [0.4, 0.5) is 24.8 Å². The van der Waals surface area contributed by atoms with Crippen molar-refractivity contribution in [2.45, 2.75) is 44.0 Å². The molecular formula is C24H32ClF3N6O5S. The van der Waals surface area contributed by atoms with Gasteiger partial charge in [0.05, 0.1) is 35.7 Å². The number of carbonyl (C=O) groups is 1. The molecule has 0 saturated heterocycles. The second kappa shape index (κ2) is 13.2. The van der Waals surface area contributed by atoms with E-state index in [2.05, 4.69) is 25.3 Å². The van der Waals surface area contributed by atoms with Crippen molar-refractivity contribution in [2.75, 3.05) is 45.9 Å². The van der Waals surface area contributed by atoms with E-state index < -0.39 is 45.7 Å². The van der Waals surface area contributed by atoms with Crippen LogP contribution in [0.1, 0.15) is 41.6 Å². The number of hydrogen-bond donors (Lipinski definition) is 3. The van der Waals surface area contributed by atoms with Gasteiger partial charge in [0, 0.05) is 19.3 Å². The zero-order chi connectivity index (χ0) is 29.7. The Labute approximate surface area is 235 Å². The first-order valence-corrected chi connectivity index (χ1v) is 14.6. The minimum Gasteiger partial charge on any atom is -0.495 e. The first-order valence-electron chi connectivity index (χ1n) is 12.3. The number of anilines is 2. The minimum atomic E-state index is -4.83. The molecule has 0 aliphatic heterocycles. The highest BCUT2D eigenvalue weighted by Crippen LogP contribution is 2.38. The van der Waals surface area contributed by atoms with Gasteiger partial charge in [-0.15, -0.1) is 0 Å². The van der Waals surface area contributed by atoms with E-state index in [0.717, 1.165) is 6.26 Å². The molecule has 0 radical (unpaired) electrons. The fourth-order valence-electron chi connectivity index (χ4n) is 4.10. The van der Waals surface area contributed by atoms with E-state index in [0.29, 0.717) is 45.0 Å². The van der Waals surface area contributed by atoms with E-state index in [9.17, 15) is 26.4 Å². The van der Waals surface area contributed by atoms with Gasteiger partial charge in [0.1, 0.15) is 17.4 Å². The van der Waals surface area contributed by atoms with Gasteiger partial charge in [0.25, 0.3) is 5.91 Å². The lowest BCUT2D eigenvalue weighted by Gasteiger charge is -2.32. The van der Waals surface area contributed by atoms with E-state index >= 15 is 0 Å². The molecular weight excluding hydrogens is 577 g/mol. The SMILES string of the molecule is COc1cc(C(=O)NCCN(C)C)c(Cl)cc1Nc1ncc(C(F)(F)F)c(O[C@@H]2CCCC[C@H]2NS(C)(=O)=O)n1. The number of aromatic nitrogens is 2. The molecule has 1 fully saturated rings. The molecule has 1 aliphatic rings. The normalized spacial score (nSPS) is 17.9. The highest BCUT2D eigenvalue weighted by molar-refractivity contribution is 7.88. The monoisotopic (exact) mass is 608 g/mol. The summed E-state index contributed by atoms with van der Waals surface area (Å²) in [5.74, 6) is -1.27. The van der Waals surface area contributed by atoms with Crippen LogP contribution in [0.25, 0.3) is 0 Å². The molecule has 3 N–H and O–H groups in total. The number of nitrogens with zero attached hydrogens (tertiary/aromatic N) is 3. The molecule has 222 valence electrons. The highest BCUT2D eigenvalue weighted by atomic mass is 35.5. The summed E-state index contributed by atoms with van der Waals surface area (Å²) in [6.07, 6.45) is -2.07. The van der Waals surface area contributed by atoms with Gasteiger partial charge < -0.3 is 25.0 Å². The van der Waals surface area contributed by atoms with Gasteiger partial charge in [-0.1, -0.05) is 18.0 Å². The molecule has 1 heterocycles. The van der Waals surface area contributed by atoms with E-state index in [1.165, 1.54) is 19.2 Å². The summed E-state index contributed by atoms with van der Waals surface area (Å²) < 4.78 is 78.4. The molecule has 0 spiro atoms. The first-order chi connectivity index (χ1) is 18.7. The summed E-state index contributed by atoms with van der Waals surface area (Å²) in [4.78, 5) is 22.2. The van der Waals surface area contributed by atoms with Crippen LogP contribution in [-0.4, -0.2) is 81.9 Å². The van der Waals surface area contributed by atoms with E-state index in [1.807, 2.05) is 19.0 Å². The molecule has 11 nitrogen and oxygen atoms in total. The molecule has 1 saturated carbocycles. The lowest BCUT2D eigenvalue weighted by Crippen LogP contribution is -2.47. The van der Waals surface area contributed by atoms with E-state index in [4.69, 9.17) is 21.1 Å². The average molecular weight is 609 g/mol. The Morgan fingerprint density at radius 2 is 1.93 bits per heavy atom. The zero-order valence-electron chi connectivity index (χ0n) is 22.4. The quantitative estimate of drug-likeness (QED) is 0.351. The van der Waals surface area contributed by atoms with Crippen molar-refractivity contribution < 1.29 is 35.9 Å². The largest absolute Gasteiger partial charge is 0.495 e. The summed E-state index contributed by atoms with van der Waals surface area (Å²) in [5, 5.41) is 5.57. The third kappa shape index (κ3) is 8.81. The van der Waals surface area contributed by atoms with Gasteiger partial charge in [0.2, 0.25) is 21.9 Å². The van der Waals surface area contributed by atoms with Crippen molar-refractivity contribution in [3.05, 3.63) is 34.5 Å². The van der Waals surface area contributed by atoms with E-state index in [-0.39, 0.29) is 28.0 Å². The summed E-state index contributed by atoms with van der Waals surface area (Å²) in [6, 6.07) is 2.04. The molecule has 2 aromatic rings. The van der Waals surface area contributed by atoms with Crippen LogP contribution in [0.3, 0.4) is 0 Å². The van der Waals surface area contributed by atoms with Crippen LogP contribution in [0.5, 0.6) is 11.6 Å². The van der Waals surface area contributed by atoms with Crippen molar-refractivity contribution in [1.82, 2.24) is 24.9 Å². The maximum Gasteiger partial charge on any atom is 0.423 e. The Kier molecular flexibility index (Phi) is 10.4. The van der Waals surface area contributed by atoms with Gasteiger partial charge >= 0.3 is 6.18 Å². The predicted molar refractivity (Wildman–Crippen MR) is 144 cm³/mol. The van der Waals surface area contributed by atoms with Gasteiger partial charge in [-0.25, -0.2) is 18.1 Å². The molecule has 1 amide bonds. The second-order valence-corrected chi connectivity index (χ2v) is 11.8. The number of carbonyl (C=O) groups excluding carboxylic acids is 1. The Balaban J connectivity index is 1.89. The number of amides is 1. The number of halogens is 4. The molecule has 0 bridgehead atoms. The van der Waals surface area contributed by atoms with Crippen molar-refractivity contribution in [3.8, 4) is 11.6 Å². The zero-order valence-corrected chi connectivity index (χ0v) is 24.0. The maximum absolute atomic E-state index is 13.8. The Bertz CT molecular complexity index is 1310. The number of hydrogen-bond acceptors (Lipinski definition) is 9. The Morgan fingerprint density at radius 3 is 2.55 bits per heavy atom. The topological polar surface area (TPSA) is 135 Å². The number of likely N-dealkylation sites (N-methyl/N-ethyl adjacent to an activating group) is 1. The number of benzene rings is 1. The standard InChI is InChI=1S/C24H32ClF3N6O5S/c1-34(2)10-9-29-21(35)14-11-20(38-3)18(12-16(14)25)31-23-30-13-15(24(26,27)28)22(32-23)39-19-8-6-5-7-17(19)33-40(4,36)37/h11-13,17,19,33H,5-10H2,1-4H3,(H,29,35)(H,30,31,32)/t17-,19-/m1/s1. The lowest BCUT2D eigenvalue weighted by atomic mass is 9.93. The second-order valence-electron chi connectivity index (χ2n) is 9.56. The number of methoxy groups -OCH3 is 1. The van der Waals surface area contributed by atoms with Gasteiger partial charge in [-0.05, 0) is 45.5 Å². The molecule has 0 unspecified atom stereocenters. The lowest BCUT2D eigenvalue weighted by molar-refractivity contribution is -0.140. The molecule has 1 aromatic heterocycles. The van der Waals surface area contributed by atoms with Crippen LogP contribution >= 0.6 is 11.6 Å². The predicted octanol–water partition coefficient (Wildman–Crippen LogP) is 3.43. The molecule has 1 aliphatic carbocycles. The third-order valence-electron chi connectivity index (χ3n) is 6.02. The maximum atomic E-state index is 13.8. The smallest absolute Gasteiger partial charge is 0.423 e. The van der Waals surface area contributed by atoms with Crippen molar-refractivity contribution in [3.63, 3.8) is 0 Å². The summed E-state index contributed by atoms with van der Waals surface area (Å²) >= 11 is 6.34. The number of sulfonamides is 1. The first kappa shape index (κ1) is 31.6. The highest BCUT2D eigenvalue weighted by Gasteiger charge is 2.38. The summed E-state index contributed by atoms with van der Waals surface area (Å²) in [5.41, 5.74) is -0.879. The van der Waals surface area contributed by atoms with Crippen molar-refractivity contribution >= 4 is 39.2 Å². The molecule has 40 heavy (non-hydrogen) atoms. The van der Waals surface area contributed by atoms with Crippen LogP contribution in [0, 0.1) is 0 Å². The van der Waals surface area contributed by atoms with Crippen LogP contribution < -0.4 is 24.8 Å². The fraction of sp³-hybridized carbons (Fsp3) is 0.542. The fourth-order valence-corrected chi connectivity index (χ4v) is 5.17. The summed E-state index contributed by atoms with van der Waals surface area (Å²) in [6.45, 7) is 0.996. The molecule has 3 rings (SSSR count). The van der Waals surface area contributed by atoms with Gasteiger partial charge in [-0.3, -0.25) is 4.79 Å². The number of rotatable bonds is 11. The third-order valence-corrected chi connectivity index (χ3v) is 7.06. The molecule has 1 aromatic carbocycles. The van der Waals surface area contributed by atoms with Gasteiger partial charge in [0.15, 0.2) is 0 Å². The molecule has 16 heteroatoms. The van der Waals surface area contributed by atoms with Crippen molar-refractivity contribution in [1.29, 1.82) is 0 Å².